The van der Waals surface area contributed by atoms with Crippen molar-refractivity contribution < 1.29 is 19.3 Å². The molecule has 0 amide bonds. The van der Waals surface area contributed by atoms with E-state index in [1.807, 2.05) is 0 Å². The van der Waals surface area contributed by atoms with Crippen LogP contribution >= 0.6 is 0 Å². The van der Waals surface area contributed by atoms with Crippen molar-refractivity contribution in [1.29, 1.82) is 0 Å². The molecule has 0 aromatic heterocycles. The van der Waals surface area contributed by atoms with E-state index in [1.54, 1.807) is 0 Å². The predicted molar refractivity (Wildman–Crippen MR) is 105 cm³/mol. The quantitative estimate of drug-likeness (QED) is 0.735. The van der Waals surface area contributed by atoms with Gasteiger partial charge in [0.25, 0.3) is 0 Å². The Morgan fingerprint density at radius 3 is 2.68 bits per heavy atom. The van der Waals surface area contributed by atoms with Crippen molar-refractivity contribution in [3.63, 3.8) is 0 Å². The number of ether oxygens (including phenoxy) is 3. The first-order valence-electron chi connectivity index (χ1n) is 11.4. The third-order valence-electron chi connectivity index (χ3n) is 9.81. The fraction of sp³-hybridized carbons (Fsp3) is 0.833. The van der Waals surface area contributed by atoms with Crippen molar-refractivity contribution in [1.82, 2.24) is 0 Å². The summed E-state index contributed by atoms with van der Waals surface area (Å²) in [5.74, 6) is 3.14. The molecular weight excluding hydrogens is 352 g/mol. The van der Waals surface area contributed by atoms with E-state index in [1.165, 1.54) is 31.3 Å². The highest BCUT2D eigenvalue weighted by Crippen LogP contribution is 2.68. The van der Waals surface area contributed by atoms with Gasteiger partial charge in [-0.25, -0.2) is 0 Å². The molecular formula is C24H34O4. The Balaban J connectivity index is 1.31. The van der Waals surface area contributed by atoms with Crippen LogP contribution in [0.15, 0.2) is 23.8 Å². The van der Waals surface area contributed by atoms with Crippen LogP contribution in [0, 0.1) is 40.4 Å². The van der Waals surface area contributed by atoms with Crippen molar-refractivity contribution >= 4 is 0 Å². The van der Waals surface area contributed by atoms with Gasteiger partial charge in [0.05, 0.1) is 19.3 Å². The van der Waals surface area contributed by atoms with E-state index < -0.39 is 6.10 Å². The second kappa shape index (κ2) is 5.94. The molecule has 4 nitrogen and oxygen atoms in total. The van der Waals surface area contributed by atoms with Gasteiger partial charge in [0.15, 0.2) is 6.29 Å². The molecule has 4 fully saturated rings. The molecule has 28 heavy (non-hydrogen) atoms. The smallest absolute Gasteiger partial charge is 0.160 e. The van der Waals surface area contributed by atoms with E-state index in [9.17, 15) is 5.11 Å². The van der Waals surface area contributed by atoms with Crippen LogP contribution in [0.3, 0.4) is 0 Å². The minimum Gasteiger partial charge on any atom is -0.386 e. The van der Waals surface area contributed by atoms with Gasteiger partial charge in [0, 0.05) is 11.3 Å². The molecule has 2 saturated carbocycles. The number of fused-ring (bicyclic) bond motifs is 7. The first-order chi connectivity index (χ1) is 13.4. The number of hydrogen-bond donors (Lipinski definition) is 1. The number of allylic oxidation sites excluding steroid dienone is 2. The largest absolute Gasteiger partial charge is 0.386 e. The lowest BCUT2D eigenvalue weighted by Gasteiger charge is -2.56. The summed E-state index contributed by atoms with van der Waals surface area (Å²) in [6.45, 7) is 8.81. The van der Waals surface area contributed by atoms with E-state index >= 15 is 0 Å². The van der Waals surface area contributed by atoms with Crippen LogP contribution in [0.4, 0.5) is 0 Å². The van der Waals surface area contributed by atoms with E-state index in [0.29, 0.717) is 29.1 Å². The topological polar surface area (TPSA) is 51.2 Å². The maximum absolute atomic E-state index is 10.3. The SMILES string of the molecule is CC(C1OCCO1)[C@H]1CC[C@H]2[C@@H]3C=CC4=C[C@@H](O)[C@@H]5O[C@@H]5[C@]4(C)[C@H]3CC[C@]12C. The highest BCUT2D eigenvalue weighted by atomic mass is 16.7. The molecule has 1 N–H and O–H groups in total. The second-order valence-electron chi connectivity index (χ2n) is 10.8. The van der Waals surface area contributed by atoms with Gasteiger partial charge in [-0.05, 0) is 66.4 Å². The minimum atomic E-state index is -0.425. The zero-order chi connectivity index (χ0) is 19.3. The third kappa shape index (κ3) is 2.21. The molecule has 0 spiro atoms. The van der Waals surface area contributed by atoms with Gasteiger partial charge in [-0.15, -0.1) is 0 Å². The van der Waals surface area contributed by atoms with Crippen molar-refractivity contribution in [2.24, 2.45) is 40.4 Å². The van der Waals surface area contributed by atoms with Crippen LogP contribution in [-0.4, -0.2) is 42.9 Å². The molecule has 0 aromatic carbocycles. The Labute approximate surface area is 168 Å². The Morgan fingerprint density at radius 1 is 1.11 bits per heavy atom. The van der Waals surface area contributed by atoms with Crippen LogP contribution < -0.4 is 0 Å². The van der Waals surface area contributed by atoms with Crippen LogP contribution in [0.2, 0.25) is 0 Å². The number of epoxide rings is 1. The Bertz CT molecular complexity index is 724. The average Bonchev–Trinajstić information content (AvgIpc) is 3.17. The third-order valence-corrected chi connectivity index (χ3v) is 9.81. The summed E-state index contributed by atoms with van der Waals surface area (Å²) in [5.41, 5.74) is 1.77. The molecule has 2 saturated heterocycles. The minimum absolute atomic E-state index is 0.00676. The molecule has 1 unspecified atom stereocenters. The Morgan fingerprint density at radius 2 is 1.89 bits per heavy atom. The van der Waals surface area contributed by atoms with Crippen LogP contribution in [0.25, 0.3) is 0 Å². The predicted octanol–water partition coefficient (Wildman–Crippen LogP) is 3.70. The molecule has 10 atom stereocenters. The van der Waals surface area contributed by atoms with Crippen molar-refractivity contribution in [3.8, 4) is 0 Å². The molecule has 2 aliphatic heterocycles. The molecule has 2 heterocycles. The van der Waals surface area contributed by atoms with E-state index in [0.717, 1.165) is 19.1 Å². The van der Waals surface area contributed by atoms with Crippen molar-refractivity contribution in [3.05, 3.63) is 23.8 Å². The number of hydrogen-bond acceptors (Lipinski definition) is 4. The maximum Gasteiger partial charge on any atom is 0.160 e. The van der Waals surface area contributed by atoms with Crippen LogP contribution in [0.1, 0.15) is 46.5 Å². The zero-order valence-corrected chi connectivity index (χ0v) is 17.3. The molecule has 6 rings (SSSR count). The molecule has 154 valence electrons. The lowest BCUT2D eigenvalue weighted by atomic mass is 9.48. The van der Waals surface area contributed by atoms with Gasteiger partial charge >= 0.3 is 0 Å². The second-order valence-corrected chi connectivity index (χ2v) is 10.8. The molecule has 0 bridgehead atoms. The zero-order valence-electron chi connectivity index (χ0n) is 17.3. The summed E-state index contributed by atoms with van der Waals surface area (Å²) in [4.78, 5) is 0. The molecule has 4 heteroatoms. The van der Waals surface area contributed by atoms with E-state index in [2.05, 4.69) is 39.0 Å². The monoisotopic (exact) mass is 386 g/mol. The van der Waals surface area contributed by atoms with Gasteiger partial charge in [-0.2, -0.15) is 0 Å². The van der Waals surface area contributed by atoms with Crippen LogP contribution in [0.5, 0.6) is 0 Å². The number of aliphatic hydroxyl groups is 1. The summed E-state index contributed by atoms with van der Waals surface area (Å²) >= 11 is 0. The Kier molecular flexibility index (Phi) is 3.84. The average molecular weight is 387 g/mol. The molecule has 4 aliphatic carbocycles. The fourth-order valence-corrected chi connectivity index (χ4v) is 8.30. The van der Waals surface area contributed by atoms with Gasteiger partial charge in [-0.3, -0.25) is 0 Å². The highest BCUT2D eigenvalue weighted by Gasteiger charge is 2.66. The lowest BCUT2D eigenvalue weighted by molar-refractivity contribution is -0.119. The molecule has 0 radical (unpaired) electrons. The summed E-state index contributed by atoms with van der Waals surface area (Å²) in [6.07, 6.45) is 11.9. The summed E-state index contributed by atoms with van der Waals surface area (Å²) in [5, 5.41) is 10.3. The molecule has 0 aromatic rings. The van der Waals surface area contributed by atoms with Gasteiger partial charge in [0.2, 0.25) is 0 Å². The number of rotatable bonds is 2. The summed E-state index contributed by atoms with van der Waals surface area (Å²) in [7, 11) is 0. The first kappa shape index (κ1) is 18.1. The standard InChI is InChI=1S/C24H34O4/c1-13(22-26-10-11-27-22)16-6-7-17-15-5-4-14-12-19(25)20-21(28-20)24(14,3)18(15)8-9-23(16,17)2/h4-5,12-13,15-22,25H,6-11H2,1-3H3/t13?,15-,16+,17-,18-,19+,20-,21-,23+,24-/m0/s1. The fourth-order valence-electron chi connectivity index (χ4n) is 8.30. The maximum atomic E-state index is 10.3. The van der Waals surface area contributed by atoms with Crippen molar-refractivity contribution in [2.45, 2.75) is 71.1 Å². The van der Waals surface area contributed by atoms with E-state index in [4.69, 9.17) is 14.2 Å². The van der Waals surface area contributed by atoms with Gasteiger partial charge in [-0.1, -0.05) is 32.9 Å². The van der Waals surface area contributed by atoms with Crippen LogP contribution in [-0.2, 0) is 14.2 Å². The Hall–Kier alpha value is -0.680. The first-order valence-corrected chi connectivity index (χ1v) is 11.4. The normalized spacial score (nSPS) is 55.7. The summed E-state index contributed by atoms with van der Waals surface area (Å²) < 4.78 is 17.8. The van der Waals surface area contributed by atoms with Gasteiger partial charge in [0.1, 0.15) is 12.2 Å². The summed E-state index contributed by atoms with van der Waals surface area (Å²) in [6, 6.07) is 0. The van der Waals surface area contributed by atoms with Crippen molar-refractivity contribution in [2.75, 3.05) is 13.2 Å². The van der Waals surface area contributed by atoms with Gasteiger partial charge < -0.3 is 19.3 Å². The van der Waals surface area contributed by atoms with E-state index in [-0.39, 0.29) is 23.9 Å². The highest BCUT2D eigenvalue weighted by molar-refractivity contribution is 5.41. The lowest BCUT2D eigenvalue weighted by Crippen LogP contribution is -2.52. The number of aliphatic hydroxyl groups excluding tert-OH is 1. The molecule has 6 aliphatic rings.